The van der Waals surface area contributed by atoms with Gasteiger partial charge < -0.3 is 0 Å². The van der Waals surface area contributed by atoms with E-state index < -0.39 is 17.5 Å². The topological polar surface area (TPSA) is 30.7 Å². The first-order valence-electron chi connectivity index (χ1n) is 5.11. The van der Waals surface area contributed by atoms with Gasteiger partial charge in [-0.15, -0.1) is 5.10 Å². The molecule has 0 unspecified atom stereocenters. The van der Waals surface area contributed by atoms with Gasteiger partial charge in [-0.1, -0.05) is 23.2 Å². The quantitative estimate of drug-likeness (QED) is 0.573. The minimum Gasteiger partial charge on any atom is -0.217 e. The Bertz CT molecular complexity index is 635. The fourth-order valence-corrected chi connectivity index (χ4v) is 2.50. The van der Waals surface area contributed by atoms with Crippen molar-refractivity contribution in [3.05, 3.63) is 34.1 Å². The number of aromatic nitrogens is 3. The van der Waals surface area contributed by atoms with Crippen LogP contribution in [0.4, 0.5) is 22.0 Å². The average molecular weight is 364 g/mol. The molecule has 0 radical (unpaired) electrons. The SMILES string of the molecule is FC(F)Sc1ncn(-c2c(Cl)cc(C(F)(F)F)cc2Cl)n1. The van der Waals surface area contributed by atoms with E-state index in [1.54, 1.807) is 0 Å². The van der Waals surface area contributed by atoms with Crippen molar-refractivity contribution in [1.82, 2.24) is 14.8 Å². The van der Waals surface area contributed by atoms with Crippen LogP contribution >= 0.6 is 35.0 Å². The zero-order chi connectivity index (χ0) is 15.8. The molecule has 0 aliphatic carbocycles. The number of benzene rings is 1. The third-order valence-corrected chi connectivity index (χ3v) is 3.39. The molecular weight excluding hydrogens is 360 g/mol. The summed E-state index contributed by atoms with van der Waals surface area (Å²) in [5.74, 6) is -2.72. The summed E-state index contributed by atoms with van der Waals surface area (Å²) in [6.07, 6.45) is -3.57. The normalized spacial score (nSPS) is 12.2. The molecule has 0 aliphatic rings. The third kappa shape index (κ3) is 3.78. The average Bonchev–Trinajstić information content (AvgIpc) is 2.74. The fourth-order valence-electron chi connectivity index (χ4n) is 1.44. The molecule has 0 aliphatic heterocycles. The number of halogens is 7. The van der Waals surface area contributed by atoms with Gasteiger partial charge in [0.05, 0.1) is 15.6 Å². The van der Waals surface area contributed by atoms with Crippen LogP contribution in [0.15, 0.2) is 23.6 Å². The van der Waals surface area contributed by atoms with Crippen LogP contribution in [-0.4, -0.2) is 20.5 Å². The lowest BCUT2D eigenvalue weighted by atomic mass is 10.2. The Morgan fingerprint density at radius 2 is 1.71 bits per heavy atom. The molecular formula is C10H4Cl2F5N3S. The van der Waals surface area contributed by atoms with Crippen LogP contribution in [-0.2, 0) is 6.18 Å². The summed E-state index contributed by atoms with van der Waals surface area (Å²) in [7, 11) is 0. The second-order valence-electron chi connectivity index (χ2n) is 3.64. The van der Waals surface area contributed by atoms with E-state index >= 15 is 0 Å². The van der Waals surface area contributed by atoms with Crippen molar-refractivity contribution >= 4 is 35.0 Å². The van der Waals surface area contributed by atoms with E-state index in [2.05, 4.69) is 10.1 Å². The zero-order valence-electron chi connectivity index (χ0n) is 9.71. The predicted octanol–water partition coefficient (Wildman–Crippen LogP) is 4.91. The standard InChI is InChI=1S/C10H4Cl2F5N3S/c11-5-1-4(10(15,16)17)2-6(12)7(5)20-3-18-9(19-20)21-8(13)14/h1-3,8H. The highest BCUT2D eigenvalue weighted by Crippen LogP contribution is 2.37. The Morgan fingerprint density at radius 1 is 1.14 bits per heavy atom. The van der Waals surface area contributed by atoms with E-state index in [-0.39, 0.29) is 32.7 Å². The van der Waals surface area contributed by atoms with Gasteiger partial charge in [0.15, 0.2) is 0 Å². The number of rotatable bonds is 3. The van der Waals surface area contributed by atoms with Gasteiger partial charge >= 0.3 is 6.18 Å². The number of hydrogen-bond donors (Lipinski definition) is 0. The Hall–Kier alpha value is -1.06. The first-order valence-corrected chi connectivity index (χ1v) is 6.75. The summed E-state index contributed by atoms with van der Waals surface area (Å²) in [5, 5.41) is 2.77. The highest BCUT2D eigenvalue weighted by Gasteiger charge is 2.32. The smallest absolute Gasteiger partial charge is 0.217 e. The van der Waals surface area contributed by atoms with E-state index in [0.717, 1.165) is 11.0 Å². The molecule has 2 aromatic rings. The van der Waals surface area contributed by atoms with Crippen molar-refractivity contribution in [1.29, 1.82) is 0 Å². The van der Waals surface area contributed by atoms with E-state index in [0.29, 0.717) is 12.1 Å². The molecule has 1 heterocycles. The van der Waals surface area contributed by atoms with Crippen LogP contribution in [0, 0.1) is 0 Å². The zero-order valence-corrected chi connectivity index (χ0v) is 12.0. The molecule has 1 aromatic heterocycles. The van der Waals surface area contributed by atoms with Crippen molar-refractivity contribution in [3.8, 4) is 5.69 Å². The van der Waals surface area contributed by atoms with Gasteiger partial charge in [0.1, 0.15) is 12.0 Å². The minimum absolute atomic E-state index is 0.0695. The van der Waals surface area contributed by atoms with Crippen LogP contribution in [0.1, 0.15) is 5.56 Å². The molecule has 11 heteroatoms. The predicted molar refractivity (Wildman–Crippen MR) is 68.2 cm³/mol. The summed E-state index contributed by atoms with van der Waals surface area (Å²) in [5.41, 5.74) is -1.09. The number of hydrogen-bond acceptors (Lipinski definition) is 3. The van der Waals surface area contributed by atoms with Crippen molar-refractivity contribution < 1.29 is 22.0 Å². The largest absolute Gasteiger partial charge is 0.416 e. The molecule has 21 heavy (non-hydrogen) atoms. The lowest BCUT2D eigenvalue weighted by molar-refractivity contribution is -0.137. The van der Waals surface area contributed by atoms with Crippen molar-refractivity contribution in [2.75, 3.05) is 0 Å². The monoisotopic (exact) mass is 363 g/mol. The van der Waals surface area contributed by atoms with Gasteiger partial charge in [0, 0.05) is 0 Å². The fraction of sp³-hybridized carbons (Fsp3) is 0.200. The molecule has 0 bridgehead atoms. The first-order chi connectivity index (χ1) is 9.68. The van der Waals surface area contributed by atoms with E-state index in [9.17, 15) is 22.0 Å². The van der Waals surface area contributed by atoms with Crippen LogP contribution in [0.5, 0.6) is 0 Å². The van der Waals surface area contributed by atoms with Crippen molar-refractivity contribution in [2.24, 2.45) is 0 Å². The molecule has 0 N–H and O–H groups in total. The molecule has 0 amide bonds. The Labute approximate surface area is 129 Å². The van der Waals surface area contributed by atoms with Crippen molar-refractivity contribution in [3.63, 3.8) is 0 Å². The highest BCUT2D eigenvalue weighted by molar-refractivity contribution is 7.99. The first kappa shape index (κ1) is 16.3. The van der Waals surface area contributed by atoms with E-state index in [4.69, 9.17) is 23.2 Å². The van der Waals surface area contributed by atoms with Crippen LogP contribution < -0.4 is 0 Å². The molecule has 0 fully saturated rings. The van der Waals surface area contributed by atoms with Gasteiger partial charge in [-0.25, -0.2) is 9.67 Å². The van der Waals surface area contributed by atoms with Crippen LogP contribution in [0.3, 0.4) is 0 Å². The molecule has 0 spiro atoms. The van der Waals surface area contributed by atoms with Crippen LogP contribution in [0.2, 0.25) is 10.0 Å². The molecule has 0 saturated carbocycles. The van der Waals surface area contributed by atoms with E-state index in [1.165, 1.54) is 0 Å². The molecule has 2 rings (SSSR count). The van der Waals surface area contributed by atoms with Crippen molar-refractivity contribution in [2.45, 2.75) is 17.1 Å². The number of alkyl halides is 5. The lowest BCUT2D eigenvalue weighted by Gasteiger charge is -2.11. The molecule has 0 saturated heterocycles. The summed E-state index contributed by atoms with van der Waals surface area (Å²) in [4.78, 5) is 3.58. The molecule has 0 atom stereocenters. The van der Waals surface area contributed by atoms with Gasteiger partial charge in [-0.2, -0.15) is 22.0 Å². The lowest BCUT2D eigenvalue weighted by Crippen LogP contribution is -2.07. The highest BCUT2D eigenvalue weighted by atomic mass is 35.5. The Morgan fingerprint density at radius 3 is 2.19 bits per heavy atom. The van der Waals surface area contributed by atoms with Gasteiger partial charge in [-0.05, 0) is 23.9 Å². The van der Waals surface area contributed by atoms with E-state index in [1.807, 2.05) is 0 Å². The van der Waals surface area contributed by atoms with Gasteiger partial charge in [0.2, 0.25) is 5.16 Å². The maximum Gasteiger partial charge on any atom is 0.416 e. The van der Waals surface area contributed by atoms with Gasteiger partial charge in [-0.3, -0.25) is 0 Å². The molecule has 114 valence electrons. The minimum atomic E-state index is -4.61. The second-order valence-corrected chi connectivity index (χ2v) is 5.41. The maximum absolute atomic E-state index is 12.6. The summed E-state index contributed by atoms with van der Waals surface area (Å²) < 4.78 is 63.1. The Balaban J connectivity index is 2.43. The summed E-state index contributed by atoms with van der Waals surface area (Å²) in [6, 6.07) is 1.34. The molecule has 1 aromatic carbocycles. The number of thioether (sulfide) groups is 1. The van der Waals surface area contributed by atoms with Crippen LogP contribution in [0.25, 0.3) is 5.69 Å². The summed E-state index contributed by atoms with van der Waals surface area (Å²) >= 11 is 11.6. The summed E-state index contributed by atoms with van der Waals surface area (Å²) in [6.45, 7) is 0. The molecule has 3 nitrogen and oxygen atoms in total. The maximum atomic E-state index is 12.6. The Kier molecular flexibility index (Phi) is 4.64. The third-order valence-electron chi connectivity index (χ3n) is 2.24. The number of nitrogens with zero attached hydrogens (tertiary/aromatic N) is 3. The second kappa shape index (κ2) is 5.98. The van der Waals surface area contributed by atoms with Gasteiger partial charge in [0.25, 0.3) is 5.76 Å².